The molecule has 36 heavy (non-hydrogen) atoms. The molecule has 3 aromatic rings. The van der Waals surface area contributed by atoms with Gasteiger partial charge in [-0.15, -0.1) is 0 Å². The van der Waals surface area contributed by atoms with Crippen LogP contribution in [0.5, 0.6) is 5.88 Å². The number of amidine groups is 1. The van der Waals surface area contributed by atoms with E-state index in [4.69, 9.17) is 19.7 Å². The summed E-state index contributed by atoms with van der Waals surface area (Å²) < 4.78 is 45.7. The zero-order valence-corrected chi connectivity index (χ0v) is 20.8. The van der Waals surface area contributed by atoms with Gasteiger partial charge in [0.1, 0.15) is 29.6 Å². The van der Waals surface area contributed by atoms with Crippen molar-refractivity contribution >= 4 is 28.8 Å². The van der Waals surface area contributed by atoms with E-state index >= 15 is 8.78 Å². The van der Waals surface area contributed by atoms with E-state index in [1.165, 1.54) is 42.4 Å². The number of rotatable bonds is 8. The second-order valence-electron chi connectivity index (χ2n) is 9.14. The highest BCUT2D eigenvalue weighted by molar-refractivity contribution is 8.15. The topological polar surface area (TPSA) is 109 Å². The zero-order chi connectivity index (χ0) is 25.5. The van der Waals surface area contributed by atoms with E-state index in [1.807, 2.05) is 6.92 Å². The van der Waals surface area contributed by atoms with Crippen molar-refractivity contribution in [2.75, 3.05) is 13.7 Å². The second kappa shape index (κ2) is 9.29. The molecule has 0 amide bonds. The van der Waals surface area contributed by atoms with Crippen molar-refractivity contribution in [1.82, 2.24) is 15.1 Å². The molecule has 0 saturated heterocycles. The number of methoxy groups -OCH3 is 1. The van der Waals surface area contributed by atoms with Crippen molar-refractivity contribution in [3.63, 3.8) is 0 Å². The Morgan fingerprint density at radius 3 is 2.83 bits per heavy atom. The SMILES string of the molecule is COC[C@]12CC1[C@@](C)(c1cc(/C=C(\F)c3cnc(OCc4cc(C)on4)cn3)ccc1F)N=C(N)S2. The molecule has 11 heteroatoms. The highest BCUT2D eigenvalue weighted by Crippen LogP contribution is 2.65. The molecular formula is C25H25F2N5O3S. The number of aryl methyl sites for hydroxylation is 1. The van der Waals surface area contributed by atoms with Gasteiger partial charge in [0, 0.05) is 24.7 Å². The summed E-state index contributed by atoms with van der Waals surface area (Å²) in [5, 5.41) is 4.23. The quantitative estimate of drug-likeness (QED) is 0.464. The Balaban J connectivity index is 1.35. The lowest BCUT2D eigenvalue weighted by molar-refractivity contribution is 0.184. The molecule has 1 saturated carbocycles. The number of nitrogens with two attached hydrogens (primary N) is 1. The van der Waals surface area contributed by atoms with Gasteiger partial charge in [-0.25, -0.2) is 18.7 Å². The zero-order valence-electron chi connectivity index (χ0n) is 20.0. The third-order valence-electron chi connectivity index (χ3n) is 6.49. The number of thioether (sulfide) groups is 1. The van der Waals surface area contributed by atoms with Crippen molar-refractivity contribution in [1.29, 1.82) is 0 Å². The Bertz CT molecular complexity index is 1350. The number of fused-ring (bicyclic) bond motifs is 1. The van der Waals surface area contributed by atoms with Crippen LogP contribution in [-0.2, 0) is 16.9 Å². The maximum atomic E-state index is 15.0. The molecule has 2 aliphatic rings. The Morgan fingerprint density at radius 2 is 2.14 bits per heavy atom. The Labute approximate surface area is 211 Å². The Hall–Kier alpha value is -3.31. The summed E-state index contributed by atoms with van der Waals surface area (Å²) in [6.07, 6.45) is 4.69. The number of benzene rings is 1. The fourth-order valence-electron chi connectivity index (χ4n) is 4.72. The summed E-state index contributed by atoms with van der Waals surface area (Å²) in [5.74, 6) is -0.0879. The molecule has 0 bridgehead atoms. The van der Waals surface area contributed by atoms with Crippen LogP contribution in [0.3, 0.4) is 0 Å². The molecule has 1 fully saturated rings. The van der Waals surface area contributed by atoms with Crippen LogP contribution in [0.2, 0.25) is 0 Å². The molecule has 0 radical (unpaired) electrons. The van der Waals surface area contributed by atoms with Crippen LogP contribution in [0.15, 0.2) is 46.2 Å². The summed E-state index contributed by atoms with van der Waals surface area (Å²) >= 11 is 1.48. The van der Waals surface area contributed by atoms with E-state index in [1.54, 1.807) is 26.2 Å². The van der Waals surface area contributed by atoms with Crippen LogP contribution >= 0.6 is 11.8 Å². The monoisotopic (exact) mass is 513 g/mol. The molecule has 3 heterocycles. The van der Waals surface area contributed by atoms with Gasteiger partial charge in [-0.05, 0) is 44.0 Å². The Morgan fingerprint density at radius 1 is 1.31 bits per heavy atom. The van der Waals surface area contributed by atoms with Crippen molar-refractivity contribution in [2.24, 2.45) is 16.6 Å². The minimum absolute atomic E-state index is 0.0225. The van der Waals surface area contributed by atoms with Gasteiger partial charge in [0.2, 0.25) is 5.88 Å². The van der Waals surface area contributed by atoms with Crippen molar-refractivity contribution in [2.45, 2.75) is 37.2 Å². The van der Waals surface area contributed by atoms with Gasteiger partial charge in [0.15, 0.2) is 11.0 Å². The summed E-state index contributed by atoms with van der Waals surface area (Å²) in [6, 6.07) is 6.19. The molecule has 1 aliphatic heterocycles. The largest absolute Gasteiger partial charge is 0.470 e. The molecule has 2 N–H and O–H groups in total. The molecular weight excluding hydrogens is 488 g/mol. The minimum Gasteiger partial charge on any atom is -0.470 e. The van der Waals surface area contributed by atoms with Crippen LogP contribution < -0.4 is 10.5 Å². The lowest BCUT2D eigenvalue weighted by Gasteiger charge is -2.34. The first-order chi connectivity index (χ1) is 17.2. The first-order valence-electron chi connectivity index (χ1n) is 11.3. The number of hydrogen-bond acceptors (Lipinski definition) is 9. The van der Waals surface area contributed by atoms with Crippen LogP contribution in [0, 0.1) is 18.7 Å². The van der Waals surface area contributed by atoms with Crippen molar-refractivity contribution < 1.29 is 22.8 Å². The molecule has 0 spiro atoms. The molecule has 2 aromatic heterocycles. The maximum absolute atomic E-state index is 15.0. The van der Waals surface area contributed by atoms with E-state index in [0.29, 0.717) is 34.4 Å². The molecule has 3 atom stereocenters. The average molecular weight is 514 g/mol. The van der Waals surface area contributed by atoms with Crippen LogP contribution in [0.4, 0.5) is 8.78 Å². The molecule has 8 nitrogen and oxygen atoms in total. The smallest absolute Gasteiger partial charge is 0.232 e. The predicted octanol–water partition coefficient (Wildman–Crippen LogP) is 4.64. The van der Waals surface area contributed by atoms with Gasteiger partial charge in [-0.1, -0.05) is 23.0 Å². The fraction of sp³-hybridized carbons (Fsp3) is 0.360. The summed E-state index contributed by atoms with van der Waals surface area (Å²) in [5.41, 5.74) is 6.72. The highest BCUT2D eigenvalue weighted by Gasteiger charge is 2.66. The standard InChI is InChI=1S/C25H25F2N5O3S/c1-14-6-16(32-35-14)12-34-22-11-29-20(10-30-22)19(27)8-15-4-5-18(26)17(7-15)24(2)21-9-25(21,13-33-3)36-23(28)31-24/h4-8,10-11,21H,9,12-13H2,1-3H3,(H2,28,31)/b19-8-/t21?,24-,25-/m1/s1. The fourth-order valence-corrected chi connectivity index (χ4v) is 6.17. The van der Waals surface area contributed by atoms with Gasteiger partial charge in [0.05, 0.1) is 29.3 Å². The van der Waals surface area contributed by atoms with E-state index in [-0.39, 0.29) is 28.8 Å². The summed E-state index contributed by atoms with van der Waals surface area (Å²) in [6.45, 7) is 4.30. The third-order valence-corrected chi connectivity index (χ3v) is 7.76. The molecule has 1 unspecified atom stereocenters. The summed E-state index contributed by atoms with van der Waals surface area (Å²) in [4.78, 5) is 12.8. The number of aromatic nitrogens is 3. The minimum atomic E-state index is -0.876. The number of nitrogens with zero attached hydrogens (tertiary/aromatic N) is 4. The van der Waals surface area contributed by atoms with E-state index in [2.05, 4.69) is 20.1 Å². The van der Waals surface area contributed by atoms with Crippen molar-refractivity contribution in [3.8, 4) is 5.88 Å². The molecule has 1 aliphatic carbocycles. The van der Waals surface area contributed by atoms with E-state index in [9.17, 15) is 0 Å². The first-order valence-corrected chi connectivity index (χ1v) is 12.1. The van der Waals surface area contributed by atoms with Gasteiger partial charge in [-0.3, -0.25) is 4.99 Å². The maximum Gasteiger partial charge on any atom is 0.232 e. The number of ether oxygens (including phenoxy) is 2. The van der Waals surface area contributed by atoms with Crippen LogP contribution in [0.25, 0.3) is 11.9 Å². The average Bonchev–Trinajstić information content (AvgIpc) is 3.42. The van der Waals surface area contributed by atoms with Crippen molar-refractivity contribution in [3.05, 3.63) is 70.8 Å². The van der Waals surface area contributed by atoms with Gasteiger partial charge >= 0.3 is 0 Å². The van der Waals surface area contributed by atoms with Gasteiger partial charge < -0.3 is 19.7 Å². The Kier molecular flexibility index (Phi) is 6.29. The first kappa shape index (κ1) is 24.4. The van der Waals surface area contributed by atoms with Crippen LogP contribution in [0.1, 0.15) is 41.6 Å². The lowest BCUT2D eigenvalue weighted by atomic mass is 9.85. The lowest BCUT2D eigenvalue weighted by Crippen LogP contribution is -2.37. The molecule has 1 aromatic carbocycles. The third kappa shape index (κ3) is 4.60. The second-order valence-corrected chi connectivity index (χ2v) is 10.6. The molecule has 188 valence electrons. The number of halogens is 2. The number of hydrogen-bond donors (Lipinski definition) is 1. The van der Waals surface area contributed by atoms with Gasteiger partial charge in [-0.2, -0.15) is 0 Å². The van der Waals surface area contributed by atoms with E-state index in [0.717, 1.165) is 6.42 Å². The van der Waals surface area contributed by atoms with E-state index < -0.39 is 17.2 Å². The highest BCUT2D eigenvalue weighted by atomic mass is 32.2. The van der Waals surface area contributed by atoms with Crippen LogP contribution in [-0.4, -0.2) is 38.8 Å². The number of aliphatic imine (C=N–C) groups is 1. The normalized spacial score (nSPS) is 25.3. The molecule has 5 rings (SSSR count). The predicted molar refractivity (Wildman–Crippen MR) is 132 cm³/mol. The summed E-state index contributed by atoms with van der Waals surface area (Å²) in [7, 11) is 1.64. The van der Waals surface area contributed by atoms with Gasteiger partial charge in [0.25, 0.3) is 0 Å².